The molecule has 1 saturated heterocycles. The van der Waals surface area contributed by atoms with Gasteiger partial charge in [0.1, 0.15) is 11.2 Å². The first-order chi connectivity index (χ1) is 16.2. The Kier molecular flexibility index (Phi) is 6.66. The highest BCUT2D eigenvalue weighted by Crippen LogP contribution is 2.45. The monoisotopic (exact) mass is 494 g/mol. The molecule has 12 heteroatoms. The third-order valence-corrected chi connectivity index (χ3v) is 6.24. The van der Waals surface area contributed by atoms with Crippen LogP contribution < -0.4 is 16.0 Å². The number of nitrogens with one attached hydrogen (secondary N) is 1. The number of aromatic nitrogens is 2. The van der Waals surface area contributed by atoms with Gasteiger partial charge in [-0.15, -0.1) is 0 Å². The lowest BCUT2D eigenvalue weighted by atomic mass is 10.1. The SMILES string of the molecule is N#CC1(C(=O)NCc2cnc(-c3ccc(Cl)c(C(F)(F)F)c3)nc2N2CCOC(CN)C2)CC1. The van der Waals surface area contributed by atoms with E-state index in [1.54, 1.807) is 0 Å². The number of rotatable bonds is 6. The van der Waals surface area contributed by atoms with Crippen LogP contribution in [0.3, 0.4) is 0 Å². The number of ether oxygens (including phenoxy) is 1. The molecule has 34 heavy (non-hydrogen) atoms. The standard InChI is InChI=1S/C22H22ClF3N6O2/c23-17-2-1-13(7-16(17)22(24,25)26)18-29-9-14(10-30-20(33)21(12-28)3-4-21)19(31-18)32-5-6-34-15(8-27)11-32/h1-2,7,9,15H,3-6,8,10-11,27H2,(H,30,33). The van der Waals surface area contributed by atoms with Crippen molar-refractivity contribution in [1.29, 1.82) is 5.26 Å². The van der Waals surface area contributed by atoms with Crippen LogP contribution in [-0.4, -0.2) is 48.2 Å². The summed E-state index contributed by atoms with van der Waals surface area (Å²) < 4.78 is 45.6. The Morgan fingerprint density at radius 2 is 2.18 bits per heavy atom. The van der Waals surface area contributed by atoms with Crippen LogP contribution in [-0.2, 0) is 22.3 Å². The van der Waals surface area contributed by atoms with E-state index in [-0.39, 0.29) is 36.5 Å². The van der Waals surface area contributed by atoms with Gasteiger partial charge in [-0.1, -0.05) is 11.6 Å². The van der Waals surface area contributed by atoms with E-state index in [0.29, 0.717) is 43.9 Å². The van der Waals surface area contributed by atoms with Crippen molar-refractivity contribution in [2.75, 3.05) is 31.1 Å². The molecule has 1 aliphatic carbocycles. The number of hydrogen-bond donors (Lipinski definition) is 2. The molecule has 1 unspecified atom stereocenters. The number of hydrogen-bond acceptors (Lipinski definition) is 7. The predicted molar refractivity (Wildman–Crippen MR) is 118 cm³/mol. The molecular formula is C22H22ClF3N6O2. The van der Waals surface area contributed by atoms with Gasteiger partial charge in [0.25, 0.3) is 0 Å². The molecule has 3 N–H and O–H groups in total. The van der Waals surface area contributed by atoms with Gasteiger partial charge in [0.2, 0.25) is 5.91 Å². The maximum absolute atomic E-state index is 13.3. The molecule has 4 rings (SSSR count). The Labute approximate surface area is 198 Å². The van der Waals surface area contributed by atoms with Crippen LogP contribution in [0.25, 0.3) is 11.4 Å². The normalized spacial score (nSPS) is 19.4. The van der Waals surface area contributed by atoms with Crippen molar-refractivity contribution in [2.24, 2.45) is 11.1 Å². The first kappa shape index (κ1) is 24.2. The van der Waals surface area contributed by atoms with Crippen molar-refractivity contribution in [3.8, 4) is 17.5 Å². The largest absolute Gasteiger partial charge is 0.417 e. The van der Waals surface area contributed by atoms with Crippen LogP contribution in [0.1, 0.15) is 24.0 Å². The molecule has 2 fully saturated rings. The predicted octanol–water partition coefficient (Wildman–Crippen LogP) is 2.90. The molecule has 1 saturated carbocycles. The van der Waals surface area contributed by atoms with Crippen molar-refractivity contribution >= 4 is 23.3 Å². The molecule has 2 heterocycles. The molecule has 1 amide bonds. The fourth-order valence-electron chi connectivity index (χ4n) is 3.73. The summed E-state index contributed by atoms with van der Waals surface area (Å²) in [5, 5.41) is 11.6. The van der Waals surface area contributed by atoms with E-state index in [0.717, 1.165) is 12.1 Å². The minimum absolute atomic E-state index is 0.0664. The number of morpholine rings is 1. The number of nitriles is 1. The summed E-state index contributed by atoms with van der Waals surface area (Å²) in [5.41, 5.74) is 4.50. The highest BCUT2D eigenvalue weighted by atomic mass is 35.5. The Morgan fingerprint density at radius 1 is 1.41 bits per heavy atom. The smallest absolute Gasteiger partial charge is 0.373 e. The topological polar surface area (TPSA) is 117 Å². The van der Waals surface area contributed by atoms with Gasteiger partial charge in [0.15, 0.2) is 5.82 Å². The molecule has 1 atom stereocenters. The van der Waals surface area contributed by atoms with Gasteiger partial charge in [0, 0.05) is 43.5 Å². The number of nitrogens with zero attached hydrogens (tertiary/aromatic N) is 4. The molecule has 1 aromatic carbocycles. The molecule has 0 spiro atoms. The molecular weight excluding hydrogens is 473 g/mol. The minimum Gasteiger partial charge on any atom is -0.373 e. The molecule has 2 aliphatic rings. The molecule has 1 aromatic heterocycles. The molecule has 8 nitrogen and oxygen atoms in total. The summed E-state index contributed by atoms with van der Waals surface area (Å²) in [6.45, 7) is 1.65. The van der Waals surface area contributed by atoms with Crippen LogP contribution in [0.15, 0.2) is 24.4 Å². The Bertz CT molecular complexity index is 1130. The number of alkyl halides is 3. The Morgan fingerprint density at radius 3 is 2.82 bits per heavy atom. The fourth-order valence-corrected chi connectivity index (χ4v) is 3.96. The molecule has 180 valence electrons. The zero-order chi connectivity index (χ0) is 24.5. The van der Waals surface area contributed by atoms with E-state index in [2.05, 4.69) is 15.3 Å². The fraction of sp³-hybridized carbons (Fsp3) is 0.455. The summed E-state index contributed by atoms with van der Waals surface area (Å²) >= 11 is 5.75. The second kappa shape index (κ2) is 9.37. The van der Waals surface area contributed by atoms with Crippen molar-refractivity contribution in [1.82, 2.24) is 15.3 Å². The number of carbonyl (C=O) groups is 1. The van der Waals surface area contributed by atoms with Crippen LogP contribution in [0.4, 0.5) is 19.0 Å². The molecule has 0 radical (unpaired) electrons. The van der Waals surface area contributed by atoms with Gasteiger partial charge >= 0.3 is 6.18 Å². The lowest BCUT2D eigenvalue weighted by Gasteiger charge is -2.34. The second-order valence-electron chi connectivity index (χ2n) is 8.29. The van der Waals surface area contributed by atoms with Gasteiger partial charge in [-0.25, -0.2) is 9.97 Å². The van der Waals surface area contributed by atoms with Gasteiger partial charge < -0.3 is 20.7 Å². The quantitative estimate of drug-likeness (QED) is 0.634. The van der Waals surface area contributed by atoms with Crippen molar-refractivity contribution < 1.29 is 22.7 Å². The first-order valence-corrected chi connectivity index (χ1v) is 11.0. The zero-order valence-corrected chi connectivity index (χ0v) is 18.8. The van der Waals surface area contributed by atoms with E-state index in [1.165, 1.54) is 12.3 Å². The van der Waals surface area contributed by atoms with Crippen LogP contribution in [0, 0.1) is 16.7 Å². The summed E-state index contributed by atoms with van der Waals surface area (Å²) in [6, 6.07) is 5.54. The molecule has 2 aromatic rings. The Balaban J connectivity index is 1.67. The van der Waals surface area contributed by atoms with Gasteiger partial charge in [-0.05, 0) is 31.0 Å². The zero-order valence-electron chi connectivity index (χ0n) is 18.0. The third-order valence-electron chi connectivity index (χ3n) is 5.91. The Hall–Kier alpha value is -2.94. The van der Waals surface area contributed by atoms with Gasteiger partial charge in [0.05, 0.1) is 29.4 Å². The van der Waals surface area contributed by atoms with Gasteiger partial charge in [-0.3, -0.25) is 4.79 Å². The van der Waals surface area contributed by atoms with E-state index in [4.69, 9.17) is 22.1 Å². The maximum Gasteiger partial charge on any atom is 0.417 e. The van der Waals surface area contributed by atoms with Crippen LogP contribution in [0.2, 0.25) is 5.02 Å². The van der Waals surface area contributed by atoms with Crippen molar-refractivity contribution in [2.45, 2.75) is 31.7 Å². The van der Waals surface area contributed by atoms with E-state index >= 15 is 0 Å². The number of carbonyl (C=O) groups excluding carboxylic acids is 1. The summed E-state index contributed by atoms with van der Waals surface area (Å²) in [5.74, 6) is 0.176. The summed E-state index contributed by atoms with van der Waals surface area (Å²) in [4.78, 5) is 23.1. The number of nitrogens with two attached hydrogens (primary N) is 1. The summed E-state index contributed by atoms with van der Waals surface area (Å²) in [7, 11) is 0. The summed E-state index contributed by atoms with van der Waals surface area (Å²) in [6.07, 6.45) is -2.37. The van der Waals surface area contributed by atoms with Crippen LogP contribution >= 0.6 is 11.6 Å². The number of amides is 1. The molecule has 1 aliphatic heterocycles. The van der Waals surface area contributed by atoms with Crippen molar-refractivity contribution in [3.63, 3.8) is 0 Å². The lowest BCUT2D eigenvalue weighted by molar-refractivity contribution is -0.137. The minimum atomic E-state index is -4.63. The number of benzene rings is 1. The average Bonchev–Trinajstić information content (AvgIpc) is 3.63. The van der Waals surface area contributed by atoms with E-state index in [1.807, 2.05) is 11.0 Å². The van der Waals surface area contributed by atoms with E-state index < -0.39 is 22.2 Å². The van der Waals surface area contributed by atoms with Crippen molar-refractivity contribution in [3.05, 3.63) is 40.5 Å². The van der Waals surface area contributed by atoms with Crippen LogP contribution in [0.5, 0.6) is 0 Å². The second-order valence-corrected chi connectivity index (χ2v) is 8.69. The highest BCUT2D eigenvalue weighted by Gasteiger charge is 2.50. The maximum atomic E-state index is 13.3. The molecule has 0 bridgehead atoms. The lowest BCUT2D eigenvalue weighted by Crippen LogP contribution is -2.46. The number of anilines is 1. The highest BCUT2D eigenvalue weighted by molar-refractivity contribution is 6.31. The third kappa shape index (κ3) is 4.94. The average molecular weight is 495 g/mol. The first-order valence-electron chi connectivity index (χ1n) is 10.7. The number of halogens is 4. The van der Waals surface area contributed by atoms with Gasteiger partial charge in [-0.2, -0.15) is 18.4 Å². The van der Waals surface area contributed by atoms with E-state index in [9.17, 15) is 23.2 Å².